The van der Waals surface area contributed by atoms with Gasteiger partial charge in [-0.1, -0.05) is 0 Å². The number of hydrogen-bond acceptors (Lipinski definition) is 7. The third kappa shape index (κ3) is 3.04. The maximum absolute atomic E-state index is 14.9. The first-order chi connectivity index (χ1) is 12.9. The fourth-order valence-electron chi connectivity index (χ4n) is 3.07. The van der Waals surface area contributed by atoms with E-state index in [4.69, 9.17) is 15.2 Å². The van der Waals surface area contributed by atoms with E-state index < -0.39 is 11.4 Å². The van der Waals surface area contributed by atoms with Gasteiger partial charge in [-0.3, -0.25) is 10.4 Å². The molecule has 0 aromatic carbocycles. The molecule has 4 rings (SSSR count). The van der Waals surface area contributed by atoms with E-state index in [0.717, 1.165) is 5.69 Å². The molecule has 1 unspecified atom stereocenters. The minimum absolute atomic E-state index is 0.00978. The number of aliphatic imine (C=N–C) groups is 1. The van der Waals surface area contributed by atoms with E-state index in [0.29, 0.717) is 23.3 Å². The molecule has 142 valence electrons. The van der Waals surface area contributed by atoms with Gasteiger partial charge in [0, 0.05) is 17.9 Å². The van der Waals surface area contributed by atoms with Crippen molar-refractivity contribution in [2.24, 2.45) is 10.7 Å². The smallest absolute Gasteiger partial charge is 0.246 e. The van der Waals surface area contributed by atoms with Gasteiger partial charge in [0.1, 0.15) is 23.3 Å². The Balaban J connectivity index is 1.71. The summed E-state index contributed by atoms with van der Waals surface area (Å²) in [7, 11) is 0. The van der Waals surface area contributed by atoms with Crippen LogP contribution >= 0.6 is 0 Å². The molecule has 2 aliphatic rings. The fourth-order valence-corrected chi connectivity index (χ4v) is 3.07. The SMILES string of the molecule is Cc1cc2c(F)c(OC3=C4N(C=CC4(C)OC[C@@H](C)N)NC=N3)cnc2[nH]1. The zero-order chi connectivity index (χ0) is 19.2. The first-order valence-corrected chi connectivity index (χ1v) is 8.60. The summed E-state index contributed by atoms with van der Waals surface area (Å²) in [6.07, 6.45) is 6.47. The summed E-state index contributed by atoms with van der Waals surface area (Å²) < 4.78 is 26.7. The van der Waals surface area contributed by atoms with Gasteiger partial charge in [0.15, 0.2) is 11.6 Å². The van der Waals surface area contributed by atoms with Crippen molar-refractivity contribution in [3.05, 3.63) is 47.6 Å². The Bertz CT molecular complexity index is 980. The molecule has 8 nitrogen and oxygen atoms in total. The Kier molecular flexibility index (Phi) is 4.12. The van der Waals surface area contributed by atoms with Gasteiger partial charge in [0.25, 0.3) is 0 Å². The molecular formula is C18H21FN6O2. The number of aromatic amines is 1. The van der Waals surface area contributed by atoms with E-state index >= 15 is 0 Å². The van der Waals surface area contributed by atoms with Crippen LogP contribution in [0.15, 0.2) is 41.1 Å². The van der Waals surface area contributed by atoms with Crippen molar-refractivity contribution in [3.63, 3.8) is 0 Å². The molecule has 0 amide bonds. The lowest BCUT2D eigenvalue weighted by Gasteiger charge is -2.32. The van der Waals surface area contributed by atoms with Crippen LogP contribution in [0, 0.1) is 12.7 Å². The number of ether oxygens (including phenoxy) is 2. The average molecular weight is 372 g/mol. The van der Waals surface area contributed by atoms with Gasteiger partial charge in [-0.05, 0) is 32.9 Å². The van der Waals surface area contributed by atoms with E-state index in [9.17, 15) is 4.39 Å². The Morgan fingerprint density at radius 3 is 3.04 bits per heavy atom. The van der Waals surface area contributed by atoms with Gasteiger partial charge in [-0.25, -0.2) is 14.4 Å². The molecule has 4 heterocycles. The van der Waals surface area contributed by atoms with Crippen molar-refractivity contribution >= 4 is 17.4 Å². The third-order valence-electron chi connectivity index (χ3n) is 4.38. The van der Waals surface area contributed by atoms with E-state index in [1.807, 2.05) is 26.8 Å². The van der Waals surface area contributed by atoms with Crippen LogP contribution in [0.2, 0.25) is 0 Å². The number of aromatic nitrogens is 2. The molecule has 2 aromatic rings. The molecule has 0 bridgehead atoms. The van der Waals surface area contributed by atoms with Gasteiger partial charge < -0.3 is 20.2 Å². The summed E-state index contributed by atoms with van der Waals surface area (Å²) in [4.78, 5) is 11.5. The quantitative estimate of drug-likeness (QED) is 0.743. The third-order valence-corrected chi connectivity index (χ3v) is 4.38. The number of hydrazine groups is 1. The highest BCUT2D eigenvalue weighted by Gasteiger charge is 2.41. The summed E-state index contributed by atoms with van der Waals surface area (Å²) in [5.41, 5.74) is 9.88. The second kappa shape index (κ2) is 6.36. The number of H-pyrrole nitrogens is 1. The topological polar surface area (TPSA) is 101 Å². The van der Waals surface area contributed by atoms with E-state index in [1.54, 1.807) is 17.3 Å². The average Bonchev–Trinajstić information content (AvgIpc) is 3.17. The Morgan fingerprint density at radius 2 is 2.26 bits per heavy atom. The van der Waals surface area contributed by atoms with Crippen molar-refractivity contribution in [1.82, 2.24) is 20.4 Å². The van der Waals surface area contributed by atoms with Gasteiger partial charge in [-0.15, -0.1) is 0 Å². The molecule has 0 radical (unpaired) electrons. The van der Waals surface area contributed by atoms with Crippen molar-refractivity contribution in [1.29, 1.82) is 0 Å². The lowest BCUT2D eigenvalue weighted by molar-refractivity contribution is 0.0145. The summed E-state index contributed by atoms with van der Waals surface area (Å²) in [5.74, 6) is -0.287. The Morgan fingerprint density at radius 1 is 1.44 bits per heavy atom. The van der Waals surface area contributed by atoms with Crippen molar-refractivity contribution in [2.45, 2.75) is 32.4 Å². The molecule has 9 heteroatoms. The second-order valence-corrected chi connectivity index (χ2v) is 6.88. The molecular weight excluding hydrogens is 351 g/mol. The maximum atomic E-state index is 14.9. The van der Waals surface area contributed by atoms with Crippen LogP contribution in [0.1, 0.15) is 19.5 Å². The van der Waals surface area contributed by atoms with Crippen molar-refractivity contribution < 1.29 is 13.9 Å². The van der Waals surface area contributed by atoms with Crippen LogP contribution < -0.4 is 15.9 Å². The Hall–Kier alpha value is -2.91. The number of nitrogens with zero attached hydrogens (tertiary/aromatic N) is 3. The molecule has 2 aliphatic heterocycles. The number of hydrogen-bond donors (Lipinski definition) is 3. The molecule has 27 heavy (non-hydrogen) atoms. The van der Waals surface area contributed by atoms with Crippen LogP contribution in [0.5, 0.6) is 5.75 Å². The van der Waals surface area contributed by atoms with Crippen molar-refractivity contribution in [2.75, 3.05) is 6.61 Å². The molecule has 2 atom stereocenters. The molecule has 0 saturated carbocycles. The number of nitrogens with one attached hydrogen (secondary N) is 2. The minimum Gasteiger partial charge on any atom is -0.432 e. The monoisotopic (exact) mass is 372 g/mol. The first-order valence-electron chi connectivity index (χ1n) is 8.60. The molecule has 0 saturated heterocycles. The van der Waals surface area contributed by atoms with Crippen LogP contribution in [0.3, 0.4) is 0 Å². The first kappa shape index (κ1) is 17.5. The largest absolute Gasteiger partial charge is 0.432 e. The van der Waals surface area contributed by atoms with Crippen LogP contribution in [0.25, 0.3) is 11.0 Å². The van der Waals surface area contributed by atoms with E-state index in [2.05, 4.69) is 20.4 Å². The highest BCUT2D eigenvalue weighted by atomic mass is 19.1. The number of nitrogens with two attached hydrogens (primary N) is 1. The molecule has 4 N–H and O–H groups in total. The summed E-state index contributed by atoms with van der Waals surface area (Å²) in [5, 5.41) is 2.08. The van der Waals surface area contributed by atoms with E-state index in [-0.39, 0.29) is 17.7 Å². The minimum atomic E-state index is -0.813. The number of halogens is 1. The molecule has 2 aromatic heterocycles. The van der Waals surface area contributed by atoms with Crippen LogP contribution in [-0.2, 0) is 4.74 Å². The summed E-state index contributed by atoms with van der Waals surface area (Å²) >= 11 is 0. The summed E-state index contributed by atoms with van der Waals surface area (Å²) in [6, 6.07) is 1.56. The van der Waals surface area contributed by atoms with Gasteiger partial charge in [-0.2, -0.15) is 0 Å². The predicted octanol–water partition coefficient (Wildman–Crippen LogP) is 2.06. The number of fused-ring (bicyclic) bond motifs is 2. The normalized spacial score (nSPS) is 22.3. The van der Waals surface area contributed by atoms with E-state index in [1.165, 1.54) is 12.5 Å². The molecule has 0 fully saturated rings. The maximum Gasteiger partial charge on any atom is 0.246 e. The summed E-state index contributed by atoms with van der Waals surface area (Å²) in [6.45, 7) is 5.92. The number of aryl methyl sites for hydroxylation is 1. The van der Waals surface area contributed by atoms with Gasteiger partial charge in [0.2, 0.25) is 5.88 Å². The van der Waals surface area contributed by atoms with Gasteiger partial charge >= 0.3 is 0 Å². The number of rotatable bonds is 5. The fraction of sp³-hybridized carbons (Fsp3) is 0.333. The standard InChI is InChI=1S/C18H21FN6O2/c1-10(20)8-26-18(3)4-5-25-15(18)17(22-9-23-25)27-13-7-21-16-12(14(13)19)6-11(2)24-16/h4-7,9-10H,8,20H2,1-3H3,(H,21,24)(H,22,23)/t10-,18?/m1/s1. The predicted molar refractivity (Wildman–Crippen MR) is 99.1 cm³/mol. The van der Waals surface area contributed by atoms with Crippen LogP contribution in [-0.4, -0.2) is 39.6 Å². The zero-order valence-corrected chi connectivity index (χ0v) is 15.3. The van der Waals surface area contributed by atoms with Crippen LogP contribution in [0.4, 0.5) is 4.39 Å². The number of pyridine rings is 1. The zero-order valence-electron chi connectivity index (χ0n) is 15.3. The molecule has 0 spiro atoms. The van der Waals surface area contributed by atoms with Crippen molar-refractivity contribution in [3.8, 4) is 5.75 Å². The lowest BCUT2D eigenvalue weighted by atomic mass is 10.0. The highest BCUT2D eigenvalue weighted by Crippen LogP contribution is 2.37. The highest BCUT2D eigenvalue weighted by molar-refractivity contribution is 5.78. The van der Waals surface area contributed by atoms with Gasteiger partial charge in [0.05, 0.1) is 18.2 Å². The Labute approximate surface area is 155 Å². The lowest BCUT2D eigenvalue weighted by Crippen LogP contribution is -2.43. The molecule has 0 aliphatic carbocycles. The second-order valence-electron chi connectivity index (χ2n) is 6.88.